The third kappa shape index (κ3) is 1.95. The van der Waals surface area contributed by atoms with Gasteiger partial charge in [0.25, 0.3) is 0 Å². The number of allylic oxidation sites excluding steroid dienone is 2. The highest BCUT2D eigenvalue weighted by molar-refractivity contribution is 6.00. The number of aromatic nitrogens is 1. The number of halogens is 1. The number of ketones is 1. The molecule has 0 saturated carbocycles. The van der Waals surface area contributed by atoms with Crippen LogP contribution in [0.1, 0.15) is 45.1 Å². The molecular weight excluding hydrogens is 243 g/mol. The van der Waals surface area contributed by atoms with Gasteiger partial charge in [-0.15, -0.1) is 0 Å². The summed E-state index contributed by atoms with van der Waals surface area (Å²) in [5, 5.41) is 3.16. The lowest BCUT2D eigenvalue weighted by Crippen LogP contribution is -2.33. The molecule has 0 aromatic carbocycles. The maximum absolute atomic E-state index is 13.2. The number of anilines is 1. The van der Waals surface area contributed by atoms with Crippen molar-refractivity contribution in [1.29, 1.82) is 0 Å². The van der Waals surface area contributed by atoms with Gasteiger partial charge in [-0.2, -0.15) is 4.39 Å². The van der Waals surface area contributed by atoms with E-state index in [2.05, 4.69) is 24.1 Å². The zero-order valence-corrected chi connectivity index (χ0v) is 11.4. The van der Waals surface area contributed by atoms with Crippen LogP contribution in [0, 0.1) is 11.4 Å². The number of carbonyl (C=O) groups is 1. The molecule has 1 aromatic heterocycles. The van der Waals surface area contributed by atoms with Crippen LogP contribution in [0.2, 0.25) is 0 Å². The normalized spacial score (nSPS) is 24.6. The topological polar surface area (TPSA) is 42.0 Å². The number of nitrogens with one attached hydrogen (secondary N) is 1. The van der Waals surface area contributed by atoms with Crippen LogP contribution in [0.25, 0.3) is 0 Å². The second kappa shape index (κ2) is 3.89. The largest absolute Gasteiger partial charge is 0.343 e. The van der Waals surface area contributed by atoms with E-state index in [1.165, 1.54) is 6.07 Å². The number of fused-ring (bicyclic) bond motifs is 1. The number of Topliss-reactive ketones (excluding diaryl/α,β-unsaturated/α-hetero) is 1. The minimum atomic E-state index is -0.496. The molecule has 2 heterocycles. The van der Waals surface area contributed by atoms with E-state index in [4.69, 9.17) is 0 Å². The molecular formula is C15H17FN2O. The summed E-state index contributed by atoms with van der Waals surface area (Å²) in [6.07, 6.45) is 1.37. The molecule has 2 aliphatic rings. The Kier molecular flexibility index (Phi) is 2.52. The molecule has 0 saturated heterocycles. The second-order valence-electron chi connectivity index (χ2n) is 6.25. The van der Waals surface area contributed by atoms with Crippen LogP contribution in [0.3, 0.4) is 0 Å². The van der Waals surface area contributed by atoms with Crippen molar-refractivity contribution in [1.82, 2.24) is 4.98 Å². The van der Waals surface area contributed by atoms with Gasteiger partial charge >= 0.3 is 0 Å². The highest BCUT2D eigenvalue weighted by atomic mass is 19.1. The summed E-state index contributed by atoms with van der Waals surface area (Å²) in [5.41, 5.74) is 2.61. The third-order valence-corrected chi connectivity index (χ3v) is 3.98. The van der Waals surface area contributed by atoms with Crippen LogP contribution in [0.5, 0.6) is 0 Å². The van der Waals surface area contributed by atoms with Gasteiger partial charge in [0.1, 0.15) is 5.82 Å². The first-order valence-corrected chi connectivity index (χ1v) is 6.57. The summed E-state index contributed by atoms with van der Waals surface area (Å²) in [4.78, 5) is 16.2. The summed E-state index contributed by atoms with van der Waals surface area (Å²) >= 11 is 0. The maximum Gasteiger partial charge on any atom is 0.214 e. The second-order valence-corrected chi connectivity index (χ2v) is 6.25. The van der Waals surface area contributed by atoms with Crippen molar-refractivity contribution in [3.05, 3.63) is 34.9 Å². The molecule has 1 aliphatic carbocycles. The Morgan fingerprint density at radius 1 is 1.37 bits per heavy atom. The van der Waals surface area contributed by atoms with Gasteiger partial charge in [0.2, 0.25) is 5.95 Å². The number of rotatable bonds is 0. The molecule has 0 spiro atoms. The molecule has 1 unspecified atom stereocenters. The quantitative estimate of drug-likeness (QED) is 0.727. The predicted molar refractivity (Wildman–Crippen MR) is 71.3 cm³/mol. The zero-order valence-electron chi connectivity index (χ0n) is 11.4. The van der Waals surface area contributed by atoms with Gasteiger partial charge < -0.3 is 5.32 Å². The van der Waals surface area contributed by atoms with Gasteiger partial charge in [-0.05, 0) is 17.9 Å². The lowest BCUT2D eigenvalue weighted by Gasteiger charge is -2.37. The zero-order chi connectivity index (χ0) is 13.8. The highest BCUT2D eigenvalue weighted by Crippen LogP contribution is 2.45. The van der Waals surface area contributed by atoms with Crippen LogP contribution >= 0.6 is 0 Å². The SMILES string of the molecule is CC1C2=C(CC(C)(C)CC2=O)Nc2nc(F)ccc21. The molecule has 3 rings (SSSR count). The fourth-order valence-electron chi connectivity index (χ4n) is 3.14. The van der Waals surface area contributed by atoms with E-state index in [-0.39, 0.29) is 17.1 Å². The number of hydrogen-bond acceptors (Lipinski definition) is 3. The first kappa shape index (κ1) is 12.3. The first-order chi connectivity index (χ1) is 8.87. The monoisotopic (exact) mass is 260 g/mol. The van der Waals surface area contributed by atoms with E-state index in [9.17, 15) is 9.18 Å². The molecule has 1 N–H and O–H groups in total. The van der Waals surface area contributed by atoms with E-state index in [1.807, 2.05) is 6.92 Å². The highest BCUT2D eigenvalue weighted by Gasteiger charge is 2.38. The summed E-state index contributed by atoms with van der Waals surface area (Å²) in [5.74, 6) is 0.241. The Balaban J connectivity index is 2.10. The van der Waals surface area contributed by atoms with E-state index in [1.54, 1.807) is 6.07 Å². The molecule has 0 amide bonds. The molecule has 1 aromatic rings. The minimum absolute atomic E-state index is 0.0112. The van der Waals surface area contributed by atoms with Crippen LogP contribution in [-0.2, 0) is 4.79 Å². The Bertz CT molecular complexity index is 604. The molecule has 3 nitrogen and oxygen atoms in total. The fraction of sp³-hybridized carbons (Fsp3) is 0.467. The number of nitrogens with zero attached hydrogens (tertiary/aromatic N) is 1. The third-order valence-electron chi connectivity index (χ3n) is 3.98. The van der Waals surface area contributed by atoms with E-state index < -0.39 is 5.95 Å². The van der Waals surface area contributed by atoms with Gasteiger partial charge in [0.15, 0.2) is 5.78 Å². The van der Waals surface area contributed by atoms with Crippen LogP contribution in [-0.4, -0.2) is 10.8 Å². The van der Waals surface area contributed by atoms with E-state index in [0.717, 1.165) is 23.3 Å². The molecule has 0 fully saturated rings. The number of hydrogen-bond donors (Lipinski definition) is 1. The van der Waals surface area contributed by atoms with Crippen LogP contribution in [0.4, 0.5) is 10.2 Å². The van der Waals surface area contributed by atoms with Crippen molar-refractivity contribution in [3.8, 4) is 0 Å². The van der Waals surface area contributed by atoms with E-state index in [0.29, 0.717) is 12.2 Å². The Morgan fingerprint density at radius 2 is 2.11 bits per heavy atom. The van der Waals surface area contributed by atoms with Crippen molar-refractivity contribution >= 4 is 11.6 Å². The van der Waals surface area contributed by atoms with Crippen molar-refractivity contribution in [2.24, 2.45) is 5.41 Å². The molecule has 0 radical (unpaired) electrons. The van der Waals surface area contributed by atoms with Gasteiger partial charge in [-0.1, -0.05) is 26.8 Å². The molecule has 1 atom stereocenters. The predicted octanol–water partition coefficient (Wildman–Crippen LogP) is 3.39. The lowest BCUT2D eigenvalue weighted by atomic mass is 9.71. The van der Waals surface area contributed by atoms with Crippen molar-refractivity contribution in [2.45, 2.75) is 39.5 Å². The molecule has 0 bridgehead atoms. The minimum Gasteiger partial charge on any atom is -0.343 e. The Hall–Kier alpha value is -1.71. The fourth-order valence-corrected chi connectivity index (χ4v) is 3.14. The lowest BCUT2D eigenvalue weighted by molar-refractivity contribution is -0.118. The molecule has 1 aliphatic heterocycles. The van der Waals surface area contributed by atoms with Crippen LogP contribution in [0.15, 0.2) is 23.4 Å². The van der Waals surface area contributed by atoms with Gasteiger partial charge in [-0.3, -0.25) is 4.79 Å². The van der Waals surface area contributed by atoms with Crippen molar-refractivity contribution in [2.75, 3.05) is 5.32 Å². The first-order valence-electron chi connectivity index (χ1n) is 6.57. The standard InChI is InChI=1S/C15H17FN2O/c1-8-9-4-5-12(16)18-14(9)17-10-6-15(2,3)7-11(19)13(8)10/h4-5,8H,6-7H2,1-3H3,(H,17,18). The number of carbonyl (C=O) groups excluding carboxylic acids is 1. The maximum atomic E-state index is 13.2. The van der Waals surface area contributed by atoms with Crippen molar-refractivity contribution in [3.63, 3.8) is 0 Å². The summed E-state index contributed by atoms with van der Waals surface area (Å²) in [6.45, 7) is 6.15. The average Bonchev–Trinajstić information content (AvgIpc) is 2.25. The van der Waals surface area contributed by atoms with E-state index >= 15 is 0 Å². The Morgan fingerprint density at radius 3 is 2.84 bits per heavy atom. The summed E-state index contributed by atoms with van der Waals surface area (Å²) in [6, 6.07) is 3.06. The Labute approximate surface area is 111 Å². The van der Waals surface area contributed by atoms with Gasteiger partial charge in [0, 0.05) is 29.2 Å². The average molecular weight is 260 g/mol. The molecule has 4 heteroatoms. The summed E-state index contributed by atoms with van der Waals surface area (Å²) < 4.78 is 13.2. The van der Waals surface area contributed by atoms with Gasteiger partial charge in [0.05, 0.1) is 0 Å². The molecule has 100 valence electrons. The molecule has 19 heavy (non-hydrogen) atoms. The smallest absolute Gasteiger partial charge is 0.214 e. The number of pyridine rings is 1. The van der Waals surface area contributed by atoms with Crippen molar-refractivity contribution < 1.29 is 9.18 Å². The summed E-state index contributed by atoms with van der Waals surface area (Å²) in [7, 11) is 0. The van der Waals surface area contributed by atoms with Gasteiger partial charge in [-0.25, -0.2) is 4.98 Å². The van der Waals surface area contributed by atoms with Crippen LogP contribution < -0.4 is 5.32 Å².